The molecule has 2 heterocycles. The van der Waals surface area contributed by atoms with E-state index >= 15 is 0 Å². The van der Waals surface area contributed by atoms with Crippen LogP contribution >= 0.6 is 11.8 Å². The number of aliphatic imine (C=N–C) groups is 1. The molecule has 2 atom stereocenters. The van der Waals surface area contributed by atoms with E-state index in [1.165, 1.54) is 34.9 Å². The molecule has 0 spiro atoms. The summed E-state index contributed by atoms with van der Waals surface area (Å²) in [6.45, 7) is 0. The van der Waals surface area contributed by atoms with E-state index in [2.05, 4.69) is 4.99 Å². The Morgan fingerprint density at radius 3 is 2.59 bits per heavy atom. The molecule has 0 N–H and O–H groups in total. The Balaban J connectivity index is 1.65. The molecular weight excluding hydrogens is 397 g/mol. The summed E-state index contributed by atoms with van der Waals surface area (Å²) in [5.41, 5.74) is 0.818. The molecular formula is C18H15F3N2O2S2. The monoisotopic (exact) mass is 412 g/mol. The molecule has 4 rings (SSSR count). The Bertz CT molecular complexity index is 1030. The quantitative estimate of drug-likeness (QED) is 0.776. The van der Waals surface area contributed by atoms with Crippen molar-refractivity contribution in [1.29, 1.82) is 0 Å². The minimum Gasteiger partial charge on any atom is -0.312 e. The van der Waals surface area contributed by atoms with Gasteiger partial charge in [-0.05, 0) is 29.8 Å². The van der Waals surface area contributed by atoms with Gasteiger partial charge in [0.05, 0.1) is 29.3 Å². The van der Waals surface area contributed by atoms with Crippen molar-refractivity contribution in [2.75, 3.05) is 16.4 Å². The van der Waals surface area contributed by atoms with E-state index in [0.717, 1.165) is 17.7 Å². The van der Waals surface area contributed by atoms with Gasteiger partial charge in [0, 0.05) is 11.8 Å². The molecule has 2 aromatic carbocycles. The van der Waals surface area contributed by atoms with Crippen molar-refractivity contribution in [3.05, 3.63) is 65.5 Å². The molecule has 0 radical (unpaired) electrons. The third-order valence-corrected chi connectivity index (χ3v) is 7.27. The Morgan fingerprint density at radius 2 is 1.85 bits per heavy atom. The van der Waals surface area contributed by atoms with E-state index < -0.39 is 33.6 Å². The summed E-state index contributed by atoms with van der Waals surface area (Å²) >= 11 is 1.27. The average Bonchev–Trinajstić information content (AvgIpc) is 3.05. The second kappa shape index (κ2) is 6.87. The second-order valence-corrected chi connectivity index (χ2v) is 9.60. The zero-order valence-electron chi connectivity index (χ0n) is 14.0. The van der Waals surface area contributed by atoms with Crippen LogP contribution in [-0.2, 0) is 15.6 Å². The molecule has 0 bridgehead atoms. The van der Waals surface area contributed by atoms with E-state index in [4.69, 9.17) is 0 Å². The number of thioether (sulfide) groups is 1. The Kier molecular flexibility index (Phi) is 4.67. The summed E-state index contributed by atoms with van der Waals surface area (Å²) in [6.07, 6.45) is 0. The maximum absolute atomic E-state index is 14.4. The first-order valence-electron chi connectivity index (χ1n) is 8.22. The fourth-order valence-electron chi connectivity index (χ4n) is 3.37. The highest BCUT2D eigenvalue weighted by atomic mass is 32.2. The van der Waals surface area contributed by atoms with Crippen LogP contribution in [-0.4, -0.2) is 37.2 Å². The number of sulfone groups is 1. The van der Waals surface area contributed by atoms with Gasteiger partial charge in [0.1, 0.15) is 17.5 Å². The first kappa shape index (κ1) is 18.4. The minimum absolute atomic E-state index is 0.0893. The predicted molar refractivity (Wildman–Crippen MR) is 100 cm³/mol. The molecule has 2 aromatic rings. The molecule has 0 aromatic heterocycles. The van der Waals surface area contributed by atoms with Gasteiger partial charge in [0.2, 0.25) is 0 Å². The van der Waals surface area contributed by atoms with Crippen LogP contribution in [0.3, 0.4) is 0 Å². The zero-order chi connectivity index (χ0) is 19.2. The van der Waals surface area contributed by atoms with Crippen LogP contribution in [0.2, 0.25) is 0 Å². The van der Waals surface area contributed by atoms with Gasteiger partial charge in [-0.2, -0.15) is 0 Å². The maximum atomic E-state index is 14.4. The summed E-state index contributed by atoms with van der Waals surface area (Å²) < 4.78 is 65.0. The Labute approximate surface area is 159 Å². The minimum atomic E-state index is -3.27. The van der Waals surface area contributed by atoms with Gasteiger partial charge in [-0.15, -0.1) is 0 Å². The second-order valence-electron chi connectivity index (χ2n) is 6.51. The van der Waals surface area contributed by atoms with Crippen LogP contribution < -0.4 is 4.90 Å². The number of fused-ring (bicyclic) bond motifs is 1. The smallest absolute Gasteiger partial charge is 0.164 e. The van der Waals surface area contributed by atoms with Crippen LogP contribution in [0.15, 0.2) is 47.5 Å². The number of rotatable bonds is 3. The lowest BCUT2D eigenvalue weighted by Crippen LogP contribution is -2.39. The SMILES string of the molecule is O=S1(=O)C[C@@H]2N=C(SCc3cccc(F)c3)N(c3ccc(F)cc3F)[C@@H]2C1. The van der Waals surface area contributed by atoms with Gasteiger partial charge in [0.15, 0.2) is 15.0 Å². The molecule has 1 fully saturated rings. The third kappa shape index (κ3) is 3.70. The van der Waals surface area contributed by atoms with E-state index in [1.807, 2.05) is 0 Å². The first-order chi connectivity index (χ1) is 12.8. The molecule has 0 saturated carbocycles. The Morgan fingerprint density at radius 1 is 1.07 bits per heavy atom. The van der Waals surface area contributed by atoms with Gasteiger partial charge in [0.25, 0.3) is 0 Å². The van der Waals surface area contributed by atoms with Crippen molar-refractivity contribution < 1.29 is 21.6 Å². The molecule has 9 heteroatoms. The molecule has 0 amide bonds. The van der Waals surface area contributed by atoms with Gasteiger partial charge in [-0.1, -0.05) is 23.9 Å². The average molecular weight is 412 g/mol. The normalized spacial score (nSPS) is 23.4. The van der Waals surface area contributed by atoms with E-state index in [1.54, 1.807) is 12.1 Å². The summed E-state index contributed by atoms with van der Waals surface area (Å²) in [7, 11) is -3.27. The first-order valence-corrected chi connectivity index (χ1v) is 11.0. The van der Waals surface area contributed by atoms with Gasteiger partial charge >= 0.3 is 0 Å². The Hall–Kier alpha value is -2.00. The molecule has 2 aliphatic rings. The lowest BCUT2D eigenvalue weighted by Gasteiger charge is -2.26. The third-order valence-electron chi connectivity index (χ3n) is 4.53. The number of hydrogen-bond acceptors (Lipinski definition) is 5. The fraction of sp³-hybridized carbons (Fsp3) is 0.278. The zero-order valence-corrected chi connectivity index (χ0v) is 15.6. The van der Waals surface area contributed by atoms with Gasteiger partial charge in [-0.25, -0.2) is 21.6 Å². The lowest BCUT2D eigenvalue weighted by atomic mass is 10.1. The topological polar surface area (TPSA) is 49.7 Å². The number of amidine groups is 1. The van der Waals surface area contributed by atoms with Crippen molar-refractivity contribution >= 4 is 32.5 Å². The predicted octanol–water partition coefficient (Wildman–Crippen LogP) is 3.38. The van der Waals surface area contributed by atoms with Gasteiger partial charge < -0.3 is 4.90 Å². The highest BCUT2D eigenvalue weighted by Gasteiger charge is 2.47. The summed E-state index contributed by atoms with van der Waals surface area (Å²) in [5, 5.41) is 0.453. The van der Waals surface area contributed by atoms with Crippen molar-refractivity contribution in [2.24, 2.45) is 4.99 Å². The number of hydrogen-bond donors (Lipinski definition) is 0. The fourth-order valence-corrected chi connectivity index (χ4v) is 6.27. The molecule has 0 aliphatic carbocycles. The lowest BCUT2D eigenvalue weighted by molar-refractivity contribution is 0.577. The van der Waals surface area contributed by atoms with Crippen molar-refractivity contribution in [3.63, 3.8) is 0 Å². The highest BCUT2D eigenvalue weighted by Crippen LogP contribution is 2.37. The van der Waals surface area contributed by atoms with Crippen LogP contribution in [0.1, 0.15) is 5.56 Å². The number of benzene rings is 2. The number of halogens is 3. The number of nitrogens with zero attached hydrogens (tertiary/aromatic N) is 2. The van der Waals surface area contributed by atoms with E-state index in [0.29, 0.717) is 10.9 Å². The molecule has 142 valence electrons. The highest BCUT2D eigenvalue weighted by molar-refractivity contribution is 8.13. The maximum Gasteiger partial charge on any atom is 0.164 e. The standard InChI is InChI=1S/C18H15F3N2O2S2/c19-12-3-1-2-11(6-12)8-26-18-22-15-9-27(24,25)10-17(15)23(18)16-5-4-13(20)7-14(16)21/h1-7,15,17H,8-10H2/t15-,17+/m0/s1. The summed E-state index contributed by atoms with van der Waals surface area (Å²) in [6, 6.07) is 8.27. The molecule has 2 aliphatic heterocycles. The van der Waals surface area contributed by atoms with Crippen LogP contribution in [0.5, 0.6) is 0 Å². The number of anilines is 1. The molecule has 27 heavy (non-hydrogen) atoms. The molecule has 0 unspecified atom stereocenters. The summed E-state index contributed by atoms with van der Waals surface area (Å²) in [5.74, 6) is -1.69. The van der Waals surface area contributed by atoms with Crippen molar-refractivity contribution in [2.45, 2.75) is 17.8 Å². The largest absolute Gasteiger partial charge is 0.312 e. The van der Waals surface area contributed by atoms with Crippen molar-refractivity contribution in [3.8, 4) is 0 Å². The van der Waals surface area contributed by atoms with Crippen molar-refractivity contribution in [1.82, 2.24) is 0 Å². The van der Waals surface area contributed by atoms with Crippen LogP contribution in [0.25, 0.3) is 0 Å². The van der Waals surface area contributed by atoms with E-state index in [9.17, 15) is 21.6 Å². The van der Waals surface area contributed by atoms with Crippen LogP contribution in [0, 0.1) is 17.5 Å². The molecule has 1 saturated heterocycles. The van der Waals surface area contributed by atoms with Crippen LogP contribution in [0.4, 0.5) is 18.9 Å². The summed E-state index contributed by atoms with van der Waals surface area (Å²) in [4.78, 5) is 6.01. The molecule has 4 nitrogen and oxygen atoms in total. The van der Waals surface area contributed by atoms with E-state index in [-0.39, 0.29) is 23.0 Å². The van der Waals surface area contributed by atoms with Gasteiger partial charge in [-0.3, -0.25) is 4.99 Å².